The molecule has 0 radical (unpaired) electrons. The van der Waals surface area contributed by atoms with Crippen molar-refractivity contribution in [3.05, 3.63) is 36.5 Å². The largest absolute Gasteiger partial charge is 0.399 e. The zero-order chi connectivity index (χ0) is 9.26. The van der Waals surface area contributed by atoms with Crippen molar-refractivity contribution in [2.45, 2.75) is 6.92 Å². The monoisotopic (exact) mass is 174 g/mol. The Hall–Kier alpha value is -1.84. The molecule has 4 heteroatoms. The summed E-state index contributed by atoms with van der Waals surface area (Å²) < 4.78 is 1.84. The van der Waals surface area contributed by atoms with E-state index in [0.717, 1.165) is 11.5 Å². The van der Waals surface area contributed by atoms with E-state index < -0.39 is 0 Å². The Morgan fingerprint density at radius 3 is 2.85 bits per heavy atom. The molecule has 0 aliphatic carbocycles. The van der Waals surface area contributed by atoms with Gasteiger partial charge in [0.05, 0.1) is 5.69 Å². The van der Waals surface area contributed by atoms with E-state index in [1.165, 1.54) is 0 Å². The van der Waals surface area contributed by atoms with Crippen molar-refractivity contribution in [2.75, 3.05) is 5.73 Å². The van der Waals surface area contributed by atoms with Crippen LogP contribution >= 0.6 is 0 Å². The summed E-state index contributed by atoms with van der Waals surface area (Å²) >= 11 is 0. The van der Waals surface area contributed by atoms with E-state index >= 15 is 0 Å². The van der Waals surface area contributed by atoms with Crippen molar-refractivity contribution in [1.82, 2.24) is 14.5 Å². The molecule has 0 fully saturated rings. The molecule has 0 aliphatic heterocycles. The number of aromatic nitrogens is 3. The summed E-state index contributed by atoms with van der Waals surface area (Å²) in [6, 6.07) is 3.56. The zero-order valence-electron chi connectivity index (χ0n) is 7.31. The van der Waals surface area contributed by atoms with Crippen molar-refractivity contribution < 1.29 is 0 Å². The number of hydrogen-bond acceptors (Lipinski definition) is 3. The van der Waals surface area contributed by atoms with Crippen molar-refractivity contribution in [2.24, 2.45) is 0 Å². The van der Waals surface area contributed by atoms with Crippen LogP contribution in [0.3, 0.4) is 0 Å². The lowest BCUT2D eigenvalue weighted by Crippen LogP contribution is -1.95. The Labute approximate surface area is 76.1 Å². The van der Waals surface area contributed by atoms with Crippen molar-refractivity contribution in [3.63, 3.8) is 0 Å². The molecule has 66 valence electrons. The van der Waals surface area contributed by atoms with Crippen LogP contribution in [0.5, 0.6) is 0 Å². The van der Waals surface area contributed by atoms with Crippen LogP contribution in [0, 0.1) is 6.92 Å². The summed E-state index contributed by atoms with van der Waals surface area (Å²) in [4.78, 5) is 8.27. The molecule has 0 amide bonds. The van der Waals surface area contributed by atoms with Crippen LogP contribution in [0.25, 0.3) is 5.82 Å². The van der Waals surface area contributed by atoms with Gasteiger partial charge >= 0.3 is 0 Å². The average molecular weight is 174 g/mol. The Balaban J connectivity index is 2.46. The lowest BCUT2D eigenvalue weighted by Gasteiger charge is -2.00. The van der Waals surface area contributed by atoms with Gasteiger partial charge in [-0.2, -0.15) is 0 Å². The SMILES string of the molecule is Cc1cn(-c2cc(N)ccn2)cn1. The molecule has 2 aromatic heterocycles. The highest BCUT2D eigenvalue weighted by Gasteiger charge is 1.98. The molecule has 0 atom stereocenters. The molecule has 2 N–H and O–H groups in total. The highest BCUT2D eigenvalue weighted by atomic mass is 15.1. The molecular weight excluding hydrogens is 164 g/mol. The fourth-order valence-electron chi connectivity index (χ4n) is 1.12. The van der Waals surface area contributed by atoms with Gasteiger partial charge in [0.2, 0.25) is 0 Å². The van der Waals surface area contributed by atoms with Crippen LogP contribution in [-0.2, 0) is 0 Å². The fraction of sp³-hybridized carbons (Fsp3) is 0.111. The number of nitrogens with zero attached hydrogens (tertiary/aromatic N) is 3. The van der Waals surface area contributed by atoms with Crippen LogP contribution in [0.1, 0.15) is 5.69 Å². The first kappa shape index (κ1) is 7.79. The lowest BCUT2D eigenvalue weighted by atomic mass is 10.4. The molecule has 0 aromatic carbocycles. The second-order valence-corrected chi connectivity index (χ2v) is 2.87. The van der Waals surface area contributed by atoms with Crippen molar-refractivity contribution in [3.8, 4) is 5.82 Å². The highest BCUT2D eigenvalue weighted by Crippen LogP contribution is 2.08. The number of hydrogen-bond donors (Lipinski definition) is 1. The van der Waals surface area contributed by atoms with Gasteiger partial charge in [0.25, 0.3) is 0 Å². The van der Waals surface area contributed by atoms with Gasteiger partial charge < -0.3 is 5.73 Å². The predicted octanol–water partition coefficient (Wildman–Crippen LogP) is 1.16. The van der Waals surface area contributed by atoms with Crippen LogP contribution in [-0.4, -0.2) is 14.5 Å². The molecule has 4 nitrogen and oxygen atoms in total. The first-order chi connectivity index (χ1) is 6.25. The van der Waals surface area contributed by atoms with E-state index in [1.807, 2.05) is 17.7 Å². The van der Waals surface area contributed by atoms with E-state index in [1.54, 1.807) is 24.7 Å². The van der Waals surface area contributed by atoms with Gasteiger partial charge in [0.1, 0.15) is 12.1 Å². The number of rotatable bonds is 1. The molecular formula is C9H10N4. The minimum absolute atomic E-state index is 0.705. The summed E-state index contributed by atoms with van der Waals surface area (Å²) in [6.45, 7) is 1.93. The molecule has 2 heterocycles. The first-order valence-electron chi connectivity index (χ1n) is 3.98. The van der Waals surface area contributed by atoms with Gasteiger partial charge in [-0.15, -0.1) is 0 Å². The Morgan fingerprint density at radius 1 is 1.38 bits per heavy atom. The minimum Gasteiger partial charge on any atom is -0.399 e. The van der Waals surface area contributed by atoms with Crippen molar-refractivity contribution in [1.29, 1.82) is 0 Å². The lowest BCUT2D eigenvalue weighted by molar-refractivity contribution is 0.994. The number of imidazole rings is 1. The third-order valence-electron chi connectivity index (χ3n) is 1.75. The van der Waals surface area contributed by atoms with E-state index in [2.05, 4.69) is 9.97 Å². The highest BCUT2D eigenvalue weighted by molar-refractivity contribution is 5.42. The van der Waals surface area contributed by atoms with Crippen molar-refractivity contribution >= 4 is 5.69 Å². The van der Waals surface area contributed by atoms with E-state index in [-0.39, 0.29) is 0 Å². The summed E-state index contributed by atoms with van der Waals surface area (Å²) in [5, 5.41) is 0. The second-order valence-electron chi connectivity index (χ2n) is 2.87. The molecule has 0 saturated heterocycles. The fourth-order valence-corrected chi connectivity index (χ4v) is 1.12. The molecule has 0 saturated carbocycles. The van der Waals surface area contributed by atoms with E-state index in [9.17, 15) is 0 Å². The van der Waals surface area contributed by atoms with Gasteiger partial charge in [-0.05, 0) is 13.0 Å². The van der Waals surface area contributed by atoms with Gasteiger partial charge in [0.15, 0.2) is 0 Å². The number of pyridine rings is 1. The molecule has 0 aliphatic rings. The summed E-state index contributed by atoms with van der Waals surface area (Å²) in [5.41, 5.74) is 7.30. The second kappa shape index (κ2) is 2.90. The van der Waals surface area contributed by atoms with E-state index in [0.29, 0.717) is 5.69 Å². The summed E-state index contributed by atoms with van der Waals surface area (Å²) in [6.07, 6.45) is 5.30. The summed E-state index contributed by atoms with van der Waals surface area (Å²) in [7, 11) is 0. The molecule has 13 heavy (non-hydrogen) atoms. The third-order valence-corrected chi connectivity index (χ3v) is 1.75. The Kier molecular flexibility index (Phi) is 1.73. The Morgan fingerprint density at radius 2 is 2.23 bits per heavy atom. The average Bonchev–Trinajstić information content (AvgIpc) is 2.52. The maximum Gasteiger partial charge on any atom is 0.139 e. The van der Waals surface area contributed by atoms with Gasteiger partial charge in [0, 0.05) is 24.1 Å². The first-order valence-corrected chi connectivity index (χ1v) is 3.98. The topological polar surface area (TPSA) is 56.7 Å². The third kappa shape index (κ3) is 1.51. The van der Waals surface area contributed by atoms with Crippen LogP contribution in [0.2, 0.25) is 0 Å². The molecule has 2 aromatic rings. The quantitative estimate of drug-likeness (QED) is 0.705. The van der Waals surface area contributed by atoms with Crippen LogP contribution in [0.4, 0.5) is 5.69 Å². The number of aryl methyl sites for hydroxylation is 1. The Bertz CT molecular complexity index is 419. The van der Waals surface area contributed by atoms with Crippen LogP contribution < -0.4 is 5.73 Å². The smallest absolute Gasteiger partial charge is 0.139 e. The molecule has 0 bridgehead atoms. The number of anilines is 1. The zero-order valence-corrected chi connectivity index (χ0v) is 7.31. The predicted molar refractivity (Wildman–Crippen MR) is 50.5 cm³/mol. The number of nitrogen functional groups attached to an aromatic ring is 1. The molecule has 0 spiro atoms. The van der Waals surface area contributed by atoms with Crippen LogP contribution in [0.15, 0.2) is 30.9 Å². The normalized spacial score (nSPS) is 10.2. The van der Waals surface area contributed by atoms with Gasteiger partial charge in [-0.3, -0.25) is 4.57 Å². The maximum absolute atomic E-state index is 5.63. The van der Waals surface area contributed by atoms with E-state index in [4.69, 9.17) is 5.73 Å². The minimum atomic E-state index is 0.705. The van der Waals surface area contributed by atoms with Gasteiger partial charge in [-0.1, -0.05) is 0 Å². The standard InChI is InChI=1S/C9H10N4/c1-7-5-13(6-12-7)9-4-8(10)2-3-11-9/h2-6H,1H3,(H2,10,11). The number of nitrogens with two attached hydrogens (primary N) is 1. The maximum atomic E-state index is 5.63. The van der Waals surface area contributed by atoms with Gasteiger partial charge in [-0.25, -0.2) is 9.97 Å². The summed E-state index contributed by atoms with van der Waals surface area (Å²) in [5.74, 6) is 0.792. The molecule has 0 unspecified atom stereocenters. The molecule has 2 rings (SSSR count).